The monoisotopic (exact) mass is 341 g/mol. The summed E-state index contributed by atoms with van der Waals surface area (Å²) < 4.78 is 1.18. The smallest absolute Gasteiger partial charge is 0.0881 e. The van der Waals surface area contributed by atoms with Crippen LogP contribution >= 0.6 is 15.9 Å². The number of aromatic amines is 1. The molecule has 0 bridgehead atoms. The Morgan fingerprint density at radius 3 is 3.10 bits per heavy atom. The van der Waals surface area contributed by atoms with E-state index >= 15 is 0 Å². The van der Waals surface area contributed by atoms with Gasteiger partial charge < -0.3 is 5.32 Å². The Morgan fingerprint density at radius 2 is 2.14 bits per heavy atom. The molecule has 0 amide bonds. The summed E-state index contributed by atoms with van der Waals surface area (Å²) in [7, 11) is 0. The quantitative estimate of drug-likeness (QED) is 0.729. The molecule has 1 unspecified atom stereocenters. The van der Waals surface area contributed by atoms with E-state index in [1.165, 1.54) is 15.6 Å². The zero-order valence-corrected chi connectivity index (χ0v) is 13.2. The summed E-state index contributed by atoms with van der Waals surface area (Å²) in [6, 6.07) is 13.4. The fraction of sp³-hybridized carbons (Fsp3) is 0.235. The minimum atomic E-state index is 0.479. The number of para-hydroxylation sites is 1. The fourth-order valence-electron chi connectivity index (χ4n) is 3.16. The molecule has 1 aliphatic rings. The highest BCUT2D eigenvalue weighted by atomic mass is 79.9. The number of rotatable bonds is 2. The molecule has 106 valence electrons. The molecule has 4 heteroatoms. The summed E-state index contributed by atoms with van der Waals surface area (Å²) in [6.07, 6.45) is 5.24. The van der Waals surface area contributed by atoms with Crippen molar-refractivity contribution in [2.45, 2.75) is 25.3 Å². The summed E-state index contributed by atoms with van der Waals surface area (Å²) in [5, 5.41) is 12.1. The van der Waals surface area contributed by atoms with E-state index in [4.69, 9.17) is 0 Å². The van der Waals surface area contributed by atoms with Crippen molar-refractivity contribution in [3.05, 3.63) is 58.2 Å². The van der Waals surface area contributed by atoms with Gasteiger partial charge in [-0.05, 0) is 48.6 Å². The summed E-state index contributed by atoms with van der Waals surface area (Å²) >= 11 is 3.56. The molecule has 2 N–H and O–H groups in total. The minimum Gasteiger partial charge on any atom is -0.380 e. The Hall–Kier alpha value is -1.81. The van der Waals surface area contributed by atoms with Crippen LogP contribution in [-0.2, 0) is 12.8 Å². The Kier molecular flexibility index (Phi) is 3.19. The van der Waals surface area contributed by atoms with E-state index in [-0.39, 0.29) is 0 Å². The molecule has 1 atom stereocenters. The Labute approximate surface area is 131 Å². The second kappa shape index (κ2) is 5.19. The third kappa shape index (κ3) is 2.44. The number of hydrogen-bond donors (Lipinski definition) is 2. The molecule has 0 saturated heterocycles. The lowest BCUT2D eigenvalue weighted by atomic mass is 9.88. The second-order valence-corrected chi connectivity index (χ2v) is 6.55. The highest BCUT2D eigenvalue weighted by molar-refractivity contribution is 9.10. The maximum absolute atomic E-state index is 4.13. The van der Waals surface area contributed by atoms with Crippen molar-refractivity contribution >= 4 is 32.5 Å². The van der Waals surface area contributed by atoms with E-state index in [1.807, 2.05) is 6.20 Å². The lowest BCUT2D eigenvalue weighted by molar-refractivity contribution is 0.611. The lowest BCUT2D eigenvalue weighted by Crippen LogP contribution is -2.27. The third-order valence-electron chi connectivity index (χ3n) is 4.23. The van der Waals surface area contributed by atoms with E-state index in [0.717, 1.165) is 35.9 Å². The zero-order valence-electron chi connectivity index (χ0n) is 11.6. The summed E-state index contributed by atoms with van der Waals surface area (Å²) in [5.41, 5.74) is 5.18. The van der Waals surface area contributed by atoms with Crippen LogP contribution in [0.4, 0.5) is 5.69 Å². The molecule has 21 heavy (non-hydrogen) atoms. The van der Waals surface area contributed by atoms with E-state index in [0.29, 0.717) is 6.04 Å². The number of aromatic nitrogens is 2. The van der Waals surface area contributed by atoms with Crippen molar-refractivity contribution in [2.75, 3.05) is 5.32 Å². The van der Waals surface area contributed by atoms with Crippen molar-refractivity contribution < 1.29 is 0 Å². The van der Waals surface area contributed by atoms with Crippen LogP contribution in [0.2, 0.25) is 0 Å². The molecular formula is C17H16BrN3. The van der Waals surface area contributed by atoms with Gasteiger partial charge in [-0.25, -0.2) is 0 Å². The molecule has 3 nitrogen and oxygen atoms in total. The van der Waals surface area contributed by atoms with Crippen LogP contribution in [0, 0.1) is 0 Å². The third-order valence-corrected chi connectivity index (χ3v) is 4.73. The summed E-state index contributed by atoms with van der Waals surface area (Å²) in [6.45, 7) is 0. The van der Waals surface area contributed by atoms with Crippen LogP contribution in [0.3, 0.4) is 0 Å². The van der Waals surface area contributed by atoms with E-state index in [9.17, 15) is 0 Å². The van der Waals surface area contributed by atoms with Gasteiger partial charge >= 0.3 is 0 Å². The van der Waals surface area contributed by atoms with Crippen molar-refractivity contribution in [1.29, 1.82) is 0 Å². The summed E-state index contributed by atoms with van der Waals surface area (Å²) in [4.78, 5) is 0. The maximum atomic E-state index is 4.13. The number of hydrogen-bond acceptors (Lipinski definition) is 2. The van der Waals surface area contributed by atoms with Crippen LogP contribution in [0.15, 0.2) is 47.1 Å². The van der Waals surface area contributed by atoms with Crippen LogP contribution in [0.5, 0.6) is 0 Å². The van der Waals surface area contributed by atoms with Crippen molar-refractivity contribution in [3.63, 3.8) is 0 Å². The van der Waals surface area contributed by atoms with Gasteiger partial charge in [-0.1, -0.05) is 34.1 Å². The number of halogens is 1. The fourth-order valence-corrected chi connectivity index (χ4v) is 3.56. The minimum absolute atomic E-state index is 0.479. The molecule has 0 radical (unpaired) electrons. The number of aryl methyl sites for hydroxylation is 1. The van der Waals surface area contributed by atoms with Crippen molar-refractivity contribution in [1.82, 2.24) is 10.2 Å². The molecule has 1 aromatic heterocycles. The van der Waals surface area contributed by atoms with Gasteiger partial charge in [0.05, 0.1) is 17.4 Å². The molecule has 1 aliphatic carbocycles. The summed E-state index contributed by atoms with van der Waals surface area (Å²) in [5.74, 6) is 0. The lowest BCUT2D eigenvalue weighted by Gasteiger charge is -2.26. The molecule has 2 aromatic carbocycles. The molecule has 1 heterocycles. The first-order valence-corrected chi connectivity index (χ1v) is 8.05. The topological polar surface area (TPSA) is 40.7 Å². The molecule has 0 spiro atoms. The van der Waals surface area contributed by atoms with Crippen molar-refractivity contribution in [3.8, 4) is 0 Å². The van der Waals surface area contributed by atoms with Crippen LogP contribution < -0.4 is 5.32 Å². The number of H-pyrrole nitrogens is 1. The van der Waals surface area contributed by atoms with Crippen LogP contribution in [0.1, 0.15) is 17.5 Å². The van der Waals surface area contributed by atoms with Gasteiger partial charge in [-0.2, -0.15) is 5.10 Å². The zero-order chi connectivity index (χ0) is 14.2. The molecule has 0 aliphatic heterocycles. The van der Waals surface area contributed by atoms with Crippen molar-refractivity contribution in [2.24, 2.45) is 0 Å². The Balaban J connectivity index is 1.59. The van der Waals surface area contributed by atoms with Gasteiger partial charge in [-0.15, -0.1) is 0 Å². The standard InChI is InChI=1S/C17H16BrN3/c18-14-6-4-12-9-15(7-5-11(12)8-14)20-16-3-1-2-13-10-19-21-17(13)16/h1-4,6,8,10,15,20H,5,7,9H2,(H,19,21). The number of anilines is 1. The average molecular weight is 342 g/mol. The maximum Gasteiger partial charge on any atom is 0.0881 e. The van der Waals surface area contributed by atoms with Crippen LogP contribution in [-0.4, -0.2) is 16.2 Å². The first-order valence-electron chi connectivity index (χ1n) is 7.25. The van der Waals surface area contributed by atoms with E-state index in [2.05, 4.69) is 67.8 Å². The first kappa shape index (κ1) is 12.9. The predicted molar refractivity (Wildman–Crippen MR) is 89.7 cm³/mol. The molecular weight excluding hydrogens is 326 g/mol. The number of benzene rings is 2. The highest BCUT2D eigenvalue weighted by Crippen LogP contribution is 2.28. The first-order chi connectivity index (χ1) is 10.3. The SMILES string of the molecule is Brc1ccc2c(c1)CCC(Nc1cccc3cn[nH]c13)C2. The predicted octanol–water partition coefficient (Wildman–Crippen LogP) is 4.29. The number of fused-ring (bicyclic) bond motifs is 2. The van der Waals surface area contributed by atoms with E-state index in [1.54, 1.807) is 0 Å². The largest absolute Gasteiger partial charge is 0.380 e. The number of nitrogens with one attached hydrogen (secondary N) is 2. The van der Waals surface area contributed by atoms with Gasteiger partial charge in [0, 0.05) is 15.9 Å². The van der Waals surface area contributed by atoms with Gasteiger partial charge in [0.25, 0.3) is 0 Å². The van der Waals surface area contributed by atoms with Gasteiger partial charge in [0.2, 0.25) is 0 Å². The Bertz CT molecular complexity index is 794. The molecule has 4 rings (SSSR count). The normalized spacial score (nSPS) is 17.7. The highest BCUT2D eigenvalue weighted by Gasteiger charge is 2.19. The van der Waals surface area contributed by atoms with Gasteiger partial charge in [0.1, 0.15) is 0 Å². The molecule has 3 aromatic rings. The van der Waals surface area contributed by atoms with Crippen LogP contribution in [0.25, 0.3) is 10.9 Å². The molecule has 0 fully saturated rings. The average Bonchev–Trinajstić information content (AvgIpc) is 2.97. The van der Waals surface area contributed by atoms with Gasteiger partial charge in [0.15, 0.2) is 0 Å². The Morgan fingerprint density at radius 1 is 1.19 bits per heavy atom. The van der Waals surface area contributed by atoms with E-state index < -0.39 is 0 Å². The second-order valence-electron chi connectivity index (χ2n) is 5.64. The van der Waals surface area contributed by atoms with Gasteiger partial charge in [-0.3, -0.25) is 5.10 Å². The molecule has 0 saturated carbocycles. The number of nitrogens with zero attached hydrogens (tertiary/aromatic N) is 1.